The van der Waals surface area contributed by atoms with Crippen LogP contribution in [0.3, 0.4) is 0 Å². The lowest BCUT2D eigenvalue weighted by atomic mass is 10.5. The van der Waals surface area contributed by atoms with Crippen molar-refractivity contribution in [1.82, 2.24) is 15.0 Å². The number of aromatic nitrogens is 3. The number of rotatable bonds is 4. The average Bonchev–Trinajstić information content (AvgIpc) is 2.37. The molecule has 11 heavy (non-hydrogen) atoms. The number of anilines is 1. The zero-order valence-corrected chi connectivity index (χ0v) is 7.34. The minimum atomic E-state index is 0.495. The van der Waals surface area contributed by atoms with Crippen molar-refractivity contribution in [3.8, 4) is 0 Å². The lowest BCUT2D eigenvalue weighted by Crippen LogP contribution is -1.99. The highest BCUT2D eigenvalue weighted by atomic mass is 32.2. The smallest absolute Gasteiger partial charge is 0.165 e. The number of aryl methyl sites for hydroxylation is 1. The van der Waals surface area contributed by atoms with E-state index in [1.165, 1.54) is 0 Å². The van der Waals surface area contributed by atoms with Gasteiger partial charge in [-0.3, -0.25) is 4.68 Å². The molecular formula is C6H12N4S. The summed E-state index contributed by atoms with van der Waals surface area (Å²) in [6, 6.07) is 0. The zero-order chi connectivity index (χ0) is 8.10. The SMILES string of the molecule is CSCCCn1cc(N)nn1. The highest BCUT2D eigenvalue weighted by Gasteiger charge is 1.94. The predicted octanol–water partition coefficient (Wildman–Crippen LogP) is 0.613. The molecule has 1 rings (SSSR count). The Morgan fingerprint density at radius 2 is 2.55 bits per heavy atom. The van der Waals surface area contributed by atoms with Gasteiger partial charge in [-0.05, 0) is 18.4 Å². The number of nitrogen functional groups attached to an aromatic ring is 1. The van der Waals surface area contributed by atoms with Crippen LogP contribution in [0.15, 0.2) is 6.20 Å². The molecule has 0 radical (unpaired) electrons. The molecule has 0 aromatic carbocycles. The molecule has 1 aromatic heterocycles. The first-order valence-electron chi connectivity index (χ1n) is 3.47. The minimum Gasteiger partial charge on any atom is -0.381 e. The topological polar surface area (TPSA) is 56.7 Å². The summed E-state index contributed by atoms with van der Waals surface area (Å²) in [5.41, 5.74) is 5.38. The summed E-state index contributed by atoms with van der Waals surface area (Å²) in [5, 5.41) is 7.50. The lowest BCUT2D eigenvalue weighted by Gasteiger charge is -1.96. The zero-order valence-electron chi connectivity index (χ0n) is 6.53. The van der Waals surface area contributed by atoms with Gasteiger partial charge in [0.05, 0.1) is 6.20 Å². The Balaban J connectivity index is 2.27. The monoisotopic (exact) mass is 172 g/mol. The van der Waals surface area contributed by atoms with Crippen LogP contribution < -0.4 is 5.73 Å². The van der Waals surface area contributed by atoms with E-state index in [-0.39, 0.29) is 0 Å². The third-order valence-corrected chi connectivity index (χ3v) is 1.99. The molecule has 62 valence electrons. The summed E-state index contributed by atoms with van der Waals surface area (Å²) in [5.74, 6) is 1.65. The van der Waals surface area contributed by atoms with Crippen molar-refractivity contribution < 1.29 is 0 Å². The molecular weight excluding hydrogens is 160 g/mol. The van der Waals surface area contributed by atoms with Gasteiger partial charge in [0.1, 0.15) is 0 Å². The molecule has 0 bridgehead atoms. The van der Waals surface area contributed by atoms with Crippen LogP contribution in [0.1, 0.15) is 6.42 Å². The second-order valence-corrected chi connectivity index (χ2v) is 3.24. The summed E-state index contributed by atoms with van der Waals surface area (Å²) >= 11 is 1.83. The maximum absolute atomic E-state index is 5.38. The summed E-state index contributed by atoms with van der Waals surface area (Å²) in [7, 11) is 0. The van der Waals surface area contributed by atoms with Gasteiger partial charge in [-0.25, -0.2) is 0 Å². The van der Waals surface area contributed by atoms with E-state index in [1.54, 1.807) is 10.9 Å². The second kappa shape index (κ2) is 4.23. The molecule has 1 heterocycles. The number of nitrogens with zero attached hydrogens (tertiary/aromatic N) is 3. The second-order valence-electron chi connectivity index (χ2n) is 2.25. The van der Waals surface area contributed by atoms with E-state index in [1.807, 2.05) is 11.8 Å². The Morgan fingerprint density at radius 1 is 1.73 bits per heavy atom. The highest BCUT2D eigenvalue weighted by molar-refractivity contribution is 7.98. The van der Waals surface area contributed by atoms with Gasteiger partial charge < -0.3 is 5.73 Å². The summed E-state index contributed by atoms with van der Waals surface area (Å²) in [6.45, 7) is 0.908. The maximum Gasteiger partial charge on any atom is 0.165 e. The van der Waals surface area contributed by atoms with Crippen LogP contribution in [-0.4, -0.2) is 27.0 Å². The summed E-state index contributed by atoms with van der Waals surface area (Å²) < 4.78 is 1.77. The van der Waals surface area contributed by atoms with Gasteiger partial charge >= 0.3 is 0 Å². The Kier molecular flexibility index (Phi) is 3.22. The summed E-state index contributed by atoms with van der Waals surface area (Å²) in [6.07, 6.45) is 4.96. The van der Waals surface area contributed by atoms with Crippen molar-refractivity contribution in [1.29, 1.82) is 0 Å². The van der Waals surface area contributed by atoms with Crippen LogP contribution in [0, 0.1) is 0 Å². The van der Waals surface area contributed by atoms with Crippen LogP contribution >= 0.6 is 11.8 Å². The van der Waals surface area contributed by atoms with Gasteiger partial charge in [0, 0.05) is 6.54 Å². The van der Waals surface area contributed by atoms with E-state index in [0.717, 1.165) is 18.7 Å². The van der Waals surface area contributed by atoms with E-state index in [9.17, 15) is 0 Å². The molecule has 2 N–H and O–H groups in total. The molecule has 0 atom stereocenters. The number of thioether (sulfide) groups is 1. The van der Waals surface area contributed by atoms with Gasteiger partial charge in [0.2, 0.25) is 0 Å². The van der Waals surface area contributed by atoms with E-state index in [0.29, 0.717) is 5.82 Å². The number of nitrogens with two attached hydrogens (primary N) is 1. The normalized spacial score (nSPS) is 10.3. The fourth-order valence-electron chi connectivity index (χ4n) is 0.794. The van der Waals surface area contributed by atoms with Crippen LogP contribution in [-0.2, 0) is 6.54 Å². The van der Waals surface area contributed by atoms with E-state index in [2.05, 4.69) is 16.6 Å². The van der Waals surface area contributed by atoms with Crippen molar-refractivity contribution in [3.63, 3.8) is 0 Å². The van der Waals surface area contributed by atoms with Crippen LogP contribution in [0.5, 0.6) is 0 Å². The molecule has 0 spiro atoms. The maximum atomic E-state index is 5.38. The number of hydrogen-bond acceptors (Lipinski definition) is 4. The van der Waals surface area contributed by atoms with E-state index in [4.69, 9.17) is 5.73 Å². The standard InChI is InChI=1S/C6H12N4S/c1-11-4-2-3-10-5-6(7)8-9-10/h5H,2-4,7H2,1H3. The molecule has 0 saturated carbocycles. The van der Waals surface area contributed by atoms with Crippen LogP contribution in [0.2, 0.25) is 0 Å². The molecule has 4 nitrogen and oxygen atoms in total. The lowest BCUT2D eigenvalue weighted by molar-refractivity contribution is 0.582. The highest BCUT2D eigenvalue weighted by Crippen LogP contribution is 1.99. The van der Waals surface area contributed by atoms with Gasteiger partial charge in [0.25, 0.3) is 0 Å². The first-order valence-corrected chi connectivity index (χ1v) is 4.87. The van der Waals surface area contributed by atoms with E-state index >= 15 is 0 Å². The molecule has 0 aliphatic rings. The Morgan fingerprint density at radius 3 is 3.09 bits per heavy atom. The fourth-order valence-corrected chi connectivity index (χ4v) is 1.21. The largest absolute Gasteiger partial charge is 0.381 e. The Labute approximate surface area is 70.1 Å². The molecule has 0 aliphatic carbocycles. The third-order valence-electron chi connectivity index (χ3n) is 1.29. The summed E-state index contributed by atoms with van der Waals surface area (Å²) in [4.78, 5) is 0. The number of hydrogen-bond donors (Lipinski definition) is 1. The van der Waals surface area contributed by atoms with Crippen molar-refractivity contribution in [2.24, 2.45) is 0 Å². The quantitative estimate of drug-likeness (QED) is 0.676. The molecule has 1 aromatic rings. The van der Waals surface area contributed by atoms with Crippen molar-refractivity contribution in [2.75, 3.05) is 17.7 Å². The first-order chi connectivity index (χ1) is 5.33. The molecule has 0 amide bonds. The molecule has 0 fully saturated rings. The van der Waals surface area contributed by atoms with Gasteiger partial charge in [-0.15, -0.1) is 5.10 Å². The average molecular weight is 172 g/mol. The molecule has 0 saturated heterocycles. The molecule has 0 unspecified atom stereocenters. The van der Waals surface area contributed by atoms with Gasteiger partial charge in [-0.1, -0.05) is 5.21 Å². The van der Waals surface area contributed by atoms with E-state index < -0.39 is 0 Å². The van der Waals surface area contributed by atoms with Crippen molar-refractivity contribution in [2.45, 2.75) is 13.0 Å². The molecule has 5 heteroatoms. The Bertz CT molecular complexity index is 210. The fraction of sp³-hybridized carbons (Fsp3) is 0.667. The van der Waals surface area contributed by atoms with Gasteiger partial charge in [0.15, 0.2) is 5.82 Å². The van der Waals surface area contributed by atoms with Gasteiger partial charge in [-0.2, -0.15) is 11.8 Å². The minimum absolute atomic E-state index is 0.495. The van der Waals surface area contributed by atoms with Crippen molar-refractivity contribution >= 4 is 17.6 Å². The van der Waals surface area contributed by atoms with Crippen molar-refractivity contribution in [3.05, 3.63) is 6.20 Å². The van der Waals surface area contributed by atoms with Crippen LogP contribution in [0.4, 0.5) is 5.82 Å². The first kappa shape index (κ1) is 8.39. The van der Waals surface area contributed by atoms with Crippen LogP contribution in [0.25, 0.3) is 0 Å². The molecule has 0 aliphatic heterocycles. The Hall–Kier alpha value is -0.710. The predicted molar refractivity (Wildman–Crippen MR) is 47.4 cm³/mol. The third kappa shape index (κ3) is 2.80.